The highest BCUT2D eigenvalue weighted by molar-refractivity contribution is 6.32. The van der Waals surface area contributed by atoms with Gasteiger partial charge in [0.2, 0.25) is 0 Å². The van der Waals surface area contributed by atoms with Crippen molar-refractivity contribution in [3.05, 3.63) is 23.2 Å². The molecule has 2 rings (SSSR count). The predicted molar refractivity (Wildman–Crippen MR) is 67.6 cm³/mol. The Balaban J connectivity index is 1.99. The summed E-state index contributed by atoms with van der Waals surface area (Å²) >= 11 is 5.88. The monoisotopic (exact) mass is 276 g/mol. The fraction of sp³-hybridized carbons (Fsp3) is 0.500. The van der Waals surface area contributed by atoms with Crippen LogP contribution < -0.4 is 15.4 Å². The number of hydrogen-bond acceptors (Lipinski definition) is 3. The molecule has 0 unspecified atom stereocenters. The van der Waals surface area contributed by atoms with Crippen molar-refractivity contribution >= 4 is 17.3 Å². The lowest BCUT2D eigenvalue weighted by molar-refractivity contribution is -0.0497. The van der Waals surface area contributed by atoms with E-state index in [4.69, 9.17) is 11.6 Å². The van der Waals surface area contributed by atoms with Crippen LogP contribution in [0.4, 0.5) is 14.5 Å². The molecular weight excluding hydrogens is 262 g/mol. The van der Waals surface area contributed by atoms with E-state index in [1.54, 1.807) is 12.1 Å². The summed E-state index contributed by atoms with van der Waals surface area (Å²) in [5.74, 6) is 0.00234. The molecule has 0 aliphatic carbocycles. The standard InChI is InChI=1S/C12H15ClF2N2O/c13-10-7-9(1-2-11(10)18-12(14)15)17-8-3-5-16-6-4-8/h1-2,7-8,12,16-17H,3-6H2. The molecule has 6 heteroatoms. The number of halogens is 3. The van der Waals surface area contributed by atoms with Gasteiger partial charge in [0, 0.05) is 11.7 Å². The second-order valence-electron chi connectivity index (χ2n) is 4.19. The summed E-state index contributed by atoms with van der Waals surface area (Å²) < 4.78 is 28.4. The Morgan fingerprint density at radius 2 is 2.06 bits per heavy atom. The maximum atomic E-state index is 12.1. The van der Waals surface area contributed by atoms with Crippen LogP contribution in [0.2, 0.25) is 5.02 Å². The summed E-state index contributed by atoms with van der Waals surface area (Å²) in [6.07, 6.45) is 2.07. The first-order valence-electron chi connectivity index (χ1n) is 5.87. The van der Waals surface area contributed by atoms with Crippen LogP contribution in [0.25, 0.3) is 0 Å². The molecule has 100 valence electrons. The Hall–Kier alpha value is -1.07. The number of hydrogen-bond donors (Lipinski definition) is 2. The van der Waals surface area contributed by atoms with Crippen molar-refractivity contribution in [2.24, 2.45) is 0 Å². The van der Waals surface area contributed by atoms with E-state index in [9.17, 15) is 8.78 Å². The molecule has 2 N–H and O–H groups in total. The Kier molecular flexibility index (Phi) is 4.60. The lowest BCUT2D eigenvalue weighted by Gasteiger charge is -2.24. The predicted octanol–water partition coefficient (Wildman–Crippen LogP) is 3.11. The molecule has 0 atom stereocenters. The van der Waals surface area contributed by atoms with Crippen molar-refractivity contribution in [2.75, 3.05) is 18.4 Å². The van der Waals surface area contributed by atoms with Crippen LogP contribution in [0.1, 0.15) is 12.8 Å². The topological polar surface area (TPSA) is 33.3 Å². The van der Waals surface area contributed by atoms with Crippen molar-refractivity contribution < 1.29 is 13.5 Å². The highest BCUT2D eigenvalue weighted by Crippen LogP contribution is 2.29. The Bertz CT molecular complexity index is 398. The number of ether oxygens (including phenoxy) is 1. The van der Waals surface area contributed by atoms with E-state index < -0.39 is 6.61 Å². The van der Waals surface area contributed by atoms with Crippen LogP contribution in [0.5, 0.6) is 5.75 Å². The highest BCUT2D eigenvalue weighted by Gasteiger charge is 2.14. The van der Waals surface area contributed by atoms with Gasteiger partial charge in [0.1, 0.15) is 5.75 Å². The van der Waals surface area contributed by atoms with E-state index in [1.165, 1.54) is 6.07 Å². The molecule has 1 aromatic rings. The first kappa shape index (κ1) is 13.4. The van der Waals surface area contributed by atoms with Crippen LogP contribution >= 0.6 is 11.6 Å². The van der Waals surface area contributed by atoms with Gasteiger partial charge in [-0.15, -0.1) is 0 Å². The summed E-state index contributed by atoms with van der Waals surface area (Å²) in [7, 11) is 0. The molecule has 1 fully saturated rings. The van der Waals surface area contributed by atoms with Gasteiger partial charge in [-0.1, -0.05) is 11.6 Å². The number of nitrogens with one attached hydrogen (secondary N) is 2. The van der Waals surface area contributed by atoms with Gasteiger partial charge >= 0.3 is 6.61 Å². The SMILES string of the molecule is FC(F)Oc1ccc(NC2CCNCC2)cc1Cl. The quantitative estimate of drug-likeness (QED) is 0.887. The number of rotatable bonds is 4. The Labute approximate surface area is 109 Å². The van der Waals surface area contributed by atoms with E-state index in [2.05, 4.69) is 15.4 Å². The first-order valence-corrected chi connectivity index (χ1v) is 6.24. The van der Waals surface area contributed by atoms with Crippen molar-refractivity contribution in [1.82, 2.24) is 5.32 Å². The zero-order valence-electron chi connectivity index (χ0n) is 9.76. The van der Waals surface area contributed by atoms with Crippen LogP contribution in [0.15, 0.2) is 18.2 Å². The molecular formula is C12H15ClF2N2O. The minimum atomic E-state index is -2.86. The minimum Gasteiger partial charge on any atom is -0.433 e. The number of piperidine rings is 1. The Morgan fingerprint density at radius 3 is 2.67 bits per heavy atom. The number of alkyl halides is 2. The summed E-state index contributed by atoms with van der Waals surface area (Å²) in [5.41, 5.74) is 0.827. The number of benzene rings is 1. The van der Waals surface area contributed by atoms with E-state index in [-0.39, 0.29) is 10.8 Å². The van der Waals surface area contributed by atoms with Crippen molar-refractivity contribution in [3.63, 3.8) is 0 Å². The maximum Gasteiger partial charge on any atom is 0.387 e. The summed E-state index contributed by atoms with van der Waals surface area (Å²) in [6, 6.07) is 5.16. The minimum absolute atomic E-state index is 0.00234. The molecule has 1 heterocycles. The molecule has 1 aliphatic rings. The lowest BCUT2D eigenvalue weighted by Crippen LogP contribution is -2.35. The van der Waals surface area contributed by atoms with Gasteiger partial charge in [-0.05, 0) is 44.1 Å². The van der Waals surface area contributed by atoms with Gasteiger partial charge < -0.3 is 15.4 Å². The zero-order chi connectivity index (χ0) is 13.0. The molecule has 3 nitrogen and oxygen atoms in total. The van der Waals surface area contributed by atoms with E-state index in [0.29, 0.717) is 6.04 Å². The van der Waals surface area contributed by atoms with E-state index >= 15 is 0 Å². The molecule has 0 amide bonds. The van der Waals surface area contributed by atoms with Gasteiger partial charge in [0.05, 0.1) is 5.02 Å². The average molecular weight is 277 g/mol. The molecule has 0 spiro atoms. The lowest BCUT2D eigenvalue weighted by atomic mass is 10.1. The van der Waals surface area contributed by atoms with Crippen molar-refractivity contribution in [2.45, 2.75) is 25.5 Å². The smallest absolute Gasteiger partial charge is 0.387 e. The first-order chi connectivity index (χ1) is 8.65. The van der Waals surface area contributed by atoms with Gasteiger partial charge in [-0.2, -0.15) is 8.78 Å². The fourth-order valence-corrected chi connectivity index (χ4v) is 2.21. The second kappa shape index (κ2) is 6.20. The van der Waals surface area contributed by atoms with Gasteiger partial charge in [0.25, 0.3) is 0 Å². The Morgan fingerprint density at radius 1 is 1.33 bits per heavy atom. The third kappa shape index (κ3) is 3.71. The highest BCUT2D eigenvalue weighted by atomic mass is 35.5. The second-order valence-corrected chi connectivity index (χ2v) is 4.60. The number of anilines is 1. The molecule has 18 heavy (non-hydrogen) atoms. The molecule has 1 aliphatic heterocycles. The van der Waals surface area contributed by atoms with E-state index in [0.717, 1.165) is 31.6 Å². The molecule has 0 bridgehead atoms. The maximum absolute atomic E-state index is 12.1. The largest absolute Gasteiger partial charge is 0.433 e. The van der Waals surface area contributed by atoms with Gasteiger partial charge in [-0.3, -0.25) is 0 Å². The van der Waals surface area contributed by atoms with E-state index in [1.807, 2.05) is 0 Å². The molecule has 0 radical (unpaired) electrons. The molecule has 1 saturated heterocycles. The fourth-order valence-electron chi connectivity index (χ4n) is 1.98. The molecule has 1 aromatic carbocycles. The van der Waals surface area contributed by atoms with Gasteiger partial charge in [-0.25, -0.2) is 0 Å². The molecule has 0 aromatic heterocycles. The zero-order valence-corrected chi connectivity index (χ0v) is 10.5. The van der Waals surface area contributed by atoms with Gasteiger partial charge in [0.15, 0.2) is 0 Å². The third-order valence-electron chi connectivity index (χ3n) is 2.86. The summed E-state index contributed by atoms with van der Waals surface area (Å²) in [6.45, 7) is -0.888. The van der Waals surface area contributed by atoms with Crippen molar-refractivity contribution in [1.29, 1.82) is 0 Å². The van der Waals surface area contributed by atoms with Crippen LogP contribution in [0.3, 0.4) is 0 Å². The van der Waals surface area contributed by atoms with Crippen LogP contribution in [-0.2, 0) is 0 Å². The van der Waals surface area contributed by atoms with Crippen LogP contribution in [-0.4, -0.2) is 25.7 Å². The van der Waals surface area contributed by atoms with Crippen molar-refractivity contribution in [3.8, 4) is 5.75 Å². The summed E-state index contributed by atoms with van der Waals surface area (Å²) in [5, 5.41) is 6.80. The third-order valence-corrected chi connectivity index (χ3v) is 3.15. The molecule has 0 saturated carbocycles. The summed E-state index contributed by atoms with van der Waals surface area (Å²) in [4.78, 5) is 0. The average Bonchev–Trinajstić information content (AvgIpc) is 2.33. The van der Waals surface area contributed by atoms with Crippen LogP contribution in [0, 0.1) is 0 Å². The normalized spacial score (nSPS) is 16.9.